The maximum Gasteiger partial charge on any atom is 0.406 e. The van der Waals surface area contributed by atoms with Crippen molar-refractivity contribution in [1.82, 2.24) is 9.55 Å². The van der Waals surface area contributed by atoms with E-state index in [0.29, 0.717) is 12.4 Å². The molecule has 0 spiro atoms. The zero-order valence-corrected chi connectivity index (χ0v) is 12.3. The summed E-state index contributed by atoms with van der Waals surface area (Å²) in [6, 6.07) is 0. The molecule has 0 radical (unpaired) electrons. The van der Waals surface area contributed by atoms with Crippen LogP contribution in [0.3, 0.4) is 0 Å². The van der Waals surface area contributed by atoms with E-state index < -0.39 is 4.92 Å². The molecule has 108 valence electrons. The van der Waals surface area contributed by atoms with Crippen LogP contribution in [0.15, 0.2) is 6.33 Å². The summed E-state index contributed by atoms with van der Waals surface area (Å²) < 4.78 is 1.65. The summed E-state index contributed by atoms with van der Waals surface area (Å²) >= 11 is 0. The van der Waals surface area contributed by atoms with Crippen molar-refractivity contribution in [3.8, 4) is 0 Å². The molecule has 6 nitrogen and oxygen atoms in total. The monoisotopic (exact) mass is 268 g/mol. The normalized spacial score (nSPS) is 11.6. The van der Waals surface area contributed by atoms with Gasteiger partial charge in [0.05, 0.1) is 0 Å². The van der Waals surface area contributed by atoms with E-state index in [1.807, 2.05) is 0 Å². The molecule has 0 aromatic carbocycles. The maximum absolute atomic E-state index is 10.9. The minimum atomic E-state index is -0.452. The lowest BCUT2D eigenvalue weighted by Crippen LogP contribution is -2.24. The van der Waals surface area contributed by atoms with Crippen LogP contribution in [0.4, 0.5) is 11.6 Å². The average Bonchev–Trinajstić information content (AvgIpc) is 2.68. The Hall–Kier alpha value is -1.59. The summed E-state index contributed by atoms with van der Waals surface area (Å²) in [6.45, 7) is 7.25. The molecule has 1 heterocycles. The highest BCUT2D eigenvalue weighted by molar-refractivity contribution is 5.52. The molecule has 0 saturated carbocycles. The topological polar surface area (TPSA) is 73.0 Å². The van der Waals surface area contributed by atoms with Crippen molar-refractivity contribution >= 4 is 11.6 Å². The Morgan fingerprint density at radius 1 is 1.47 bits per heavy atom. The van der Waals surface area contributed by atoms with Gasteiger partial charge in [-0.2, -0.15) is 0 Å². The lowest BCUT2D eigenvalue weighted by molar-refractivity contribution is -0.388. The van der Waals surface area contributed by atoms with Crippen molar-refractivity contribution in [3.63, 3.8) is 0 Å². The minimum Gasteiger partial charge on any atom is -0.364 e. The number of rotatable bonds is 8. The van der Waals surface area contributed by atoms with E-state index in [9.17, 15) is 10.1 Å². The highest BCUT2D eigenvalue weighted by Gasteiger charge is 2.23. The van der Waals surface area contributed by atoms with Gasteiger partial charge in [0, 0.05) is 13.6 Å². The second kappa shape index (κ2) is 6.54. The number of aryl methyl sites for hydroxylation is 1. The molecule has 1 rings (SSSR count). The second-order valence-corrected chi connectivity index (χ2v) is 5.76. The molecular weight excluding hydrogens is 244 g/mol. The van der Waals surface area contributed by atoms with Crippen molar-refractivity contribution in [2.24, 2.45) is 12.5 Å². The SMILES string of the molecule is CCCCCC(C)(C)CNc1c([N+](=O)[O-])ncn1C. The molecule has 0 aliphatic heterocycles. The van der Waals surface area contributed by atoms with Gasteiger partial charge in [-0.25, -0.2) is 0 Å². The lowest BCUT2D eigenvalue weighted by Gasteiger charge is -2.25. The molecule has 6 heteroatoms. The lowest BCUT2D eigenvalue weighted by atomic mass is 9.87. The Kier molecular flexibility index (Phi) is 5.32. The van der Waals surface area contributed by atoms with E-state index in [1.54, 1.807) is 11.6 Å². The van der Waals surface area contributed by atoms with Gasteiger partial charge in [-0.05, 0) is 21.7 Å². The fourth-order valence-electron chi connectivity index (χ4n) is 2.02. The summed E-state index contributed by atoms with van der Waals surface area (Å²) in [5, 5.41) is 14.0. The first-order valence-corrected chi connectivity index (χ1v) is 6.77. The molecule has 0 aliphatic carbocycles. The number of anilines is 1. The van der Waals surface area contributed by atoms with Crippen LogP contribution in [-0.2, 0) is 7.05 Å². The van der Waals surface area contributed by atoms with Crippen LogP contribution in [-0.4, -0.2) is 21.0 Å². The Labute approximate surface area is 114 Å². The van der Waals surface area contributed by atoms with Crippen LogP contribution in [0.2, 0.25) is 0 Å². The van der Waals surface area contributed by atoms with E-state index in [1.165, 1.54) is 25.6 Å². The summed E-state index contributed by atoms with van der Waals surface area (Å²) in [6.07, 6.45) is 6.20. The predicted molar refractivity (Wildman–Crippen MR) is 76.3 cm³/mol. The molecular formula is C13H24N4O2. The third-order valence-electron chi connectivity index (χ3n) is 3.28. The van der Waals surface area contributed by atoms with Crippen LogP contribution in [0.25, 0.3) is 0 Å². The predicted octanol–water partition coefficient (Wildman–Crippen LogP) is 3.35. The standard InChI is InChI=1S/C13H24N4O2/c1-5-6-7-8-13(2,3)9-14-11-12(17(18)19)15-10-16(11)4/h10,14H,5-9H2,1-4H3. The van der Waals surface area contributed by atoms with Gasteiger partial charge >= 0.3 is 5.82 Å². The van der Waals surface area contributed by atoms with Crippen molar-refractivity contribution < 1.29 is 4.92 Å². The average molecular weight is 268 g/mol. The van der Waals surface area contributed by atoms with Gasteiger partial charge < -0.3 is 15.4 Å². The third-order valence-corrected chi connectivity index (χ3v) is 3.28. The number of hydrogen-bond acceptors (Lipinski definition) is 4. The van der Waals surface area contributed by atoms with E-state index in [0.717, 1.165) is 6.42 Å². The zero-order chi connectivity index (χ0) is 14.5. The van der Waals surface area contributed by atoms with E-state index in [4.69, 9.17) is 0 Å². The third kappa shape index (κ3) is 4.54. The van der Waals surface area contributed by atoms with Gasteiger partial charge in [-0.1, -0.05) is 40.0 Å². The van der Waals surface area contributed by atoms with Gasteiger partial charge in [-0.15, -0.1) is 0 Å². The Morgan fingerprint density at radius 3 is 2.74 bits per heavy atom. The quantitative estimate of drug-likeness (QED) is 0.446. The fraction of sp³-hybridized carbons (Fsp3) is 0.769. The van der Waals surface area contributed by atoms with Gasteiger partial charge in [0.1, 0.15) is 0 Å². The molecule has 1 aromatic heterocycles. The number of nitrogens with zero attached hydrogens (tertiary/aromatic N) is 3. The highest BCUT2D eigenvalue weighted by Crippen LogP contribution is 2.27. The number of unbranched alkanes of at least 4 members (excludes halogenated alkanes) is 2. The molecule has 0 amide bonds. The number of aromatic nitrogens is 2. The van der Waals surface area contributed by atoms with Crippen LogP contribution in [0.1, 0.15) is 46.5 Å². The van der Waals surface area contributed by atoms with Crippen LogP contribution < -0.4 is 5.32 Å². The smallest absolute Gasteiger partial charge is 0.364 e. The van der Waals surface area contributed by atoms with Crippen LogP contribution in [0, 0.1) is 15.5 Å². The zero-order valence-electron chi connectivity index (χ0n) is 12.3. The largest absolute Gasteiger partial charge is 0.406 e. The van der Waals surface area contributed by atoms with Gasteiger partial charge in [0.25, 0.3) is 0 Å². The molecule has 0 atom stereocenters. The van der Waals surface area contributed by atoms with Crippen molar-refractivity contribution in [3.05, 3.63) is 16.4 Å². The maximum atomic E-state index is 10.9. The van der Waals surface area contributed by atoms with Crippen molar-refractivity contribution in [1.29, 1.82) is 0 Å². The van der Waals surface area contributed by atoms with E-state index in [-0.39, 0.29) is 11.2 Å². The Bertz CT molecular complexity index is 426. The summed E-state index contributed by atoms with van der Waals surface area (Å²) in [5.41, 5.74) is 0.118. The number of nitrogens with one attached hydrogen (secondary N) is 1. The first kappa shape index (κ1) is 15.5. The van der Waals surface area contributed by atoms with E-state index >= 15 is 0 Å². The molecule has 1 aromatic rings. The first-order valence-electron chi connectivity index (χ1n) is 6.77. The molecule has 1 N–H and O–H groups in total. The summed E-state index contributed by atoms with van der Waals surface area (Å²) in [5.74, 6) is 0.375. The molecule has 0 unspecified atom stereocenters. The molecule has 0 saturated heterocycles. The van der Waals surface area contributed by atoms with E-state index in [2.05, 4.69) is 31.1 Å². The molecule has 0 aliphatic rings. The summed E-state index contributed by atoms with van der Waals surface area (Å²) in [7, 11) is 1.76. The molecule has 19 heavy (non-hydrogen) atoms. The minimum absolute atomic E-state index is 0.105. The Morgan fingerprint density at radius 2 is 2.16 bits per heavy atom. The van der Waals surface area contributed by atoms with Gasteiger partial charge in [0.2, 0.25) is 12.1 Å². The van der Waals surface area contributed by atoms with Crippen LogP contribution >= 0.6 is 0 Å². The summed E-state index contributed by atoms with van der Waals surface area (Å²) in [4.78, 5) is 14.2. The second-order valence-electron chi connectivity index (χ2n) is 5.76. The van der Waals surface area contributed by atoms with Gasteiger partial charge in [-0.3, -0.25) is 4.57 Å². The van der Waals surface area contributed by atoms with Crippen molar-refractivity contribution in [2.45, 2.75) is 46.5 Å². The number of hydrogen-bond donors (Lipinski definition) is 1. The fourth-order valence-corrected chi connectivity index (χ4v) is 2.02. The number of nitro groups is 1. The van der Waals surface area contributed by atoms with Crippen molar-refractivity contribution in [2.75, 3.05) is 11.9 Å². The highest BCUT2D eigenvalue weighted by atomic mass is 16.6. The molecule has 0 fully saturated rings. The van der Waals surface area contributed by atoms with Gasteiger partial charge in [0.15, 0.2) is 0 Å². The Balaban J connectivity index is 2.60. The van der Waals surface area contributed by atoms with Crippen LogP contribution in [0.5, 0.6) is 0 Å². The first-order chi connectivity index (χ1) is 8.87. The molecule has 0 bridgehead atoms. The number of imidazole rings is 1.